The summed E-state index contributed by atoms with van der Waals surface area (Å²) in [5, 5.41) is 0. The summed E-state index contributed by atoms with van der Waals surface area (Å²) >= 11 is 0. The Bertz CT molecular complexity index is 321. The number of nitrogens with two attached hydrogens (primary N) is 1. The van der Waals surface area contributed by atoms with Crippen LogP contribution in [0.4, 0.5) is 0 Å². The fourth-order valence-corrected chi connectivity index (χ4v) is 2.12. The highest BCUT2D eigenvalue weighted by Gasteiger charge is 2.26. The highest BCUT2D eigenvalue weighted by molar-refractivity contribution is 5.11. The molecule has 0 aliphatic heterocycles. The second kappa shape index (κ2) is 6.12. The number of rotatable bonds is 5. The zero-order valence-electron chi connectivity index (χ0n) is 11.6. The molecule has 0 aromatic carbocycles. The molecule has 0 bridgehead atoms. The van der Waals surface area contributed by atoms with E-state index in [0.717, 1.165) is 5.69 Å². The quantitative estimate of drug-likeness (QED) is 0.852. The monoisotopic (exact) mass is 235 g/mol. The Morgan fingerprint density at radius 3 is 2.24 bits per heavy atom. The van der Waals surface area contributed by atoms with Gasteiger partial charge in [-0.05, 0) is 38.9 Å². The van der Waals surface area contributed by atoms with Gasteiger partial charge in [-0.25, -0.2) is 0 Å². The van der Waals surface area contributed by atoms with Gasteiger partial charge in [0.2, 0.25) is 0 Å². The maximum atomic E-state index is 6.13. The van der Waals surface area contributed by atoms with Crippen LogP contribution in [0.1, 0.15) is 39.4 Å². The lowest BCUT2D eigenvalue weighted by Gasteiger charge is -2.37. The van der Waals surface area contributed by atoms with Gasteiger partial charge in [0, 0.05) is 18.3 Å². The van der Waals surface area contributed by atoms with E-state index in [4.69, 9.17) is 5.73 Å². The normalized spacial score (nSPS) is 17.2. The van der Waals surface area contributed by atoms with Gasteiger partial charge < -0.3 is 5.73 Å². The minimum absolute atomic E-state index is 0.0658. The fraction of sp³-hybridized carbons (Fsp3) is 0.643. The molecule has 1 heterocycles. The minimum Gasteiger partial charge on any atom is -0.326 e. The smallest absolute Gasteiger partial charge is 0.0670 e. The largest absolute Gasteiger partial charge is 0.326 e. The van der Waals surface area contributed by atoms with Crippen molar-refractivity contribution in [1.82, 2.24) is 9.88 Å². The lowest BCUT2D eigenvalue weighted by Crippen LogP contribution is -2.44. The molecule has 0 fully saturated rings. The molecule has 0 radical (unpaired) electrons. The van der Waals surface area contributed by atoms with Gasteiger partial charge in [-0.1, -0.05) is 19.9 Å². The third-order valence-electron chi connectivity index (χ3n) is 3.53. The van der Waals surface area contributed by atoms with Crippen LogP contribution in [0.3, 0.4) is 0 Å². The van der Waals surface area contributed by atoms with Crippen LogP contribution in [0.5, 0.6) is 0 Å². The first kappa shape index (κ1) is 14.1. The van der Waals surface area contributed by atoms with Gasteiger partial charge in [0.15, 0.2) is 0 Å². The lowest BCUT2D eigenvalue weighted by atomic mass is 9.98. The third kappa shape index (κ3) is 3.51. The van der Waals surface area contributed by atoms with Crippen molar-refractivity contribution in [3.63, 3.8) is 0 Å². The summed E-state index contributed by atoms with van der Waals surface area (Å²) in [6.07, 6.45) is 1.83. The SMILES string of the molecule is CC(C)C(C)N(C)C(c1ccccn1)C(C)N. The number of likely N-dealkylation sites (N-methyl/N-ethyl adjacent to an activating group) is 1. The van der Waals surface area contributed by atoms with Crippen LogP contribution in [-0.4, -0.2) is 29.0 Å². The summed E-state index contributed by atoms with van der Waals surface area (Å²) in [5.41, 5.74) is 7.18. The van der Waals surface area contributed by atoms with E-state index in [0.29, 0.717) is 12.0 Å². The Morgan fingerprint density at radius 1 is 1.18 bits per heavy atom. The number of hydrogen-bond acceptors (Lipinski definition) is 3. The Balaban J connectivity index is 2.94. The summed E-state index contributed by atoms with van der Waals surface area (Å²) in [5.74, 6) is 0.602. The van der Waals surface area contributed by atoms with E-state index < -0.39 is 0 Å². The number of pyridine rings is 1. The molecule has 0 amide bonds. The van der Waals surface area contributed by atoms with Crippen molar-refractivity contribution in [2.45, 2.75) is 45.8 Å². The first-order valence-electron chi connectivity index (χ1n) is 6.33. The molecule has 3 nitrogen and oxygen atoms in total. The summed E-state index contributed by atoms with van der Waals surface area (Å²) in [6.45, 7) is 8.75. The Morgan fingerprint density at radius 2 is 1.82 bits per heavy atom. The molecule has 0 aliphatic carbocycles. The molecule has 3 heteroatoms. The summed E-state index contributed by atoms with van der Waals surface area (Å²) < 4.78 is 0. The van der Waals surface area contributed by atoms with Gasteiger partial charge in [-0.15, -0.1) is 0 Å². The Hall–Kier alpha value is -0.930. The standard InChI is InChI=1S/C14H25N3/c1-10(2)12(4)17(5)14(11(3)15)13-8-6-7-9-16-13/h6-12,14H,15H2,1-5H3. The second-order valence-electron chi connectivity index (χ2n) is 5.21. The average molecular weight is 235 g/mol. The number of nitrogens with zero attached hydrogens (tertiary/aromatic N) is 2. The van der Waals surface area contributed by atoms with Crippen molar-refractivity contribution in [3.05, 3.63) is 30.1 Å². The van der Waals surface area contributed by atoms with Gasteiger partial charge in [-0.2, -0.15) is 0 Å². The van der Waals surface area contributed by atoms with E-state index in [1.807, 2.05) is 25.3 Å². The molecule has 0 aliphatic rings. The molecule has 1 aromatic rings. The highest BCUT2D eigenvalue weighted by Crippen LogP contribution is 2.24. The average Bonchev–Trinajstić information content (AvgIpc) is 2.28. The molecule has 2 N–H and O–H groups in total. The van der Waals surface area contributed by atoms with Crippen LogP contribution in [0.25, 0.3) is 0 Å². The molecule has 1 rings (SSSR count). The van der Waals surface area contributed by atoms with E-state index in [1.54, 1.807) is 0 Å². The van der Waals surface area contributed by atoms with Crippen molar-refractivity contribution < 1.29 is 0 Å². The lowest BCUT2D eigenvalue weighted by molar-refractivity contribution is 0.130. The van der Waals surface area contributed by atoms with E-state index in [1.165, 1.54) is 0 Å². The van der Waals surface area contributed by atoms with Crippen molar-refractivity contribution in [2.24, 2.45) is 11.7 Å². The third-order valence-corrected chi connectivity index (χ3v) is 3.53. The van der Waals surface area contributed by atoms with Crippen molar-refractivity contribution in [3.8, 4) is 0 Å². The summed E-state index contributed by atoms with van der Waals surface area (Å²) in [6, 6.07) is 6.73. The van der Waals surface area contributed by atoms with Crippen LogP contribution in [0, 0.1) is 5.92 Å². The zero-order chi connectivity index (χ0) is 13.0. The predicted molar refractivity (Wildman–Crippen MR) is 72.7 cm³/mol. The summed E-state index contributed by atoms with van der Waals surface area (Å²) in [4.78, 5) is 6.77. The van der Waals surface area contributed by atoms with Crippen LogP contribution >= 0.6 is 0 Å². The molecule has 3 unspecified atom stereocenters. The maximum absolute atomic E-state index is 6.13. The van der Waals surface area contributed by atoms with Crippen molar-refractivity contribution in [2.75, 3.05) is 7.05 Å². The second-order valence-corrected chi connectivity index (χ2v) is 5.21. The Kier molecular flexibility index (Phi) is 5.09. The van der Waals surface area contributed by atoms with Crippen LogP contribution < -0.4 is 5.73 Å². The summed E-state index contributed by atoms with van der Waals surface area (Å²) in [7, 11) is 2.13. The van der Waals surface area contributed by atoms with Crippen LogP contribution in [0.2, 0.25) is 0 Å². The zero-order valence-corrected chi connectivity index (χ0v) is 11.6. The Labute approximate surface area is 105 Å². The molecule has 17 heavy (non-hydrogen) atoms. The van der Waals surface area contributed by atoms with Gasteiger partial charge >= 0.3 is 0 Å². The van der Waals surface area contributed by atoms with Gasteiger partial charge in [0.1, 0.15) is 0 Å². The molecule has 1 aromatic heterocycles. The van der Waals surface area contributed by atoms with E-state index in [2.05, 4.69) is 43.8 Å². The van der Waals surface area contributed by atoms with Gasteiger partial charge in [0.25, 0.3) is 0 Å². The first-order chi connectivity index (χ1) is 7.95. The molecule has 0 saturated carbocycles. The fourth-order valence-electron chi connectivity index (χ4n) is 2.12. The first-order valence-corrected chi connectivity index (χ1v) is 6.33. The van der Waals surface area contributed by atoms with E-state index in [9.17, 15) is 0 Å². The van der Waals surface area contributed by atoms with E-state index >= 15 is 0 Å². The maximum Gasteiger partial charge on any atom is 0.0670 e. The van der Waals surface area contributed by atoms with Crippen LogP contribution in [0.15, 0.2) is 24.4 Å². The van der Waals surface area contributed by atoms with Gasteiger partial charge in [-0.3, -0.25) is 9.88 Å². The molecule has 0 saturated heterocycles. The molecule has 3 atom stereocenters. The molecule has 0 spiro atoms. The molecule has 96 valence electrons. The highest BCUT2D eigenvalue weighted by atomic mass is 15.2. The van der Waals surface area contributed by atoms with Crippen molar-refractivity contribution >= 4 is 0 Å². The number of hydrogen-bond donors (Lipinski definition) is 1. The molecular formula is C14H25N3. The number of aromatic nitrogens is 1. The minimum atomic E-state index is 0.0658. The van der Waals surface area contributed by atoms with Crippen molar-refractivity contribution in [1.29, 1.82) is 0 Å². The van der Waals surface area contributed by atoms with Crippen LogP contribution in [-0.2, 0) is 0 Å². The predicted octanol–water partition coefficient (Wildman–Crippen LogP) is 2.45. The molecular weight excluding hydrogens is 210 g/mol. The van der Waals surface area contributed by atoms with E-state index in [-0.39, 0.29) is 12.1 Å². The van der Waals surface area contributed by atoms with Gasteiger partial charge in [0.05, 0.1) is 11.7 Å². The topological polar surface area (TPSA) is 42.2 Å².